The third-order valence-electron chi connectivity index (χ3n) is 9.86. The first-order valence-electron chi connectivity index (χ1n) is 19.0. The molecule has 6 rings (SSSR count). The number of fused-ring (bicyclic) bond motifs is 2. The number of nitrogens with zero attached hydrogens (tertiary/aromatic N) is 2. The summed E-state index contributed by atoms with van der Waals surface area (Å²) in [5.41, 5.74) is 10.1. The molecule has 0 saturated heterocycles. The molecule has 6 aromatic rings. The zero-order chi connectivity index (χ0) is 38.6. The summed E-state index contributed by atoms with van der Waals surface area (Å²) in [5.74, 6) is -1.63. The van der Waals surface area contributed by atoms with Gasteiger partial charge in [-0.15, -0.1) is 0 Å². The van der Waals surface area contributed by atoms with Gasteiger partial charge in [0.2, 0.25) is 11.8 Å². The quantitative estimate of drug-likeness (QED) is 0.0881. The van der Waals surface area contributed by atoms with Crippen LogP contribution in [0.25, 0.3) is 21.7 Å². The van der Waals surface area contributed by atoms with Crippen molar-refractivity contribution in [2.24, 2.45) is 5.73 Å². The van der Waals surface area contributed by atoms with Crippen LogP contribution >= 0.6 is 0 Å². The van der Waals surface area contributed by atoms with E-state index in [1.807, 2.05) is 139 Å². The standard InChI is InChI=1S/C46H48N4O5/c1-2-26-50(38(29-43(47)51)28-35-24-25-36-18-9-10-19-37(36)27-35)46(54)41(21-13-23-44(52)55-32-34-16-7-4-8-17-34)48-45(53)40-31-49(30-33-14-5-3-6-15-33)42-22-12-11-20-39(40)42/h3-12,14-20,22,24-25,27,31,38,41H,2,13,21,23,26,28-30,32H2,1H3,(H2,47,51)(H,48,53)/t38-,41-/m0/s1. The number of ether oxygens (including phenoxy) is 1. The van der Waals surface area contributed by atoms with Gasteiger partial charge in [-0.05, 0) is 59.2 Å². The lowest BCUT2D eigenvalue weighted by Gasteiger charge is -2.34. The Morgan fingerprint density at radius 1 is 0.782 bits per heavy atom. The van der Waals surface area contributed by atoms with Crippen molar-refractivity contribution in [3.8, 4) is 0 Å². The van der Waals surface area contributed by atoms with E-state index in [1.165, 1.54) is 0 Å². The molecule has 9 heteroatoms. The Hall–Kier alpha value is -6.22. The second-order valence-corrected chi connectivity index (χ2v) is 14.0. The van der Waals surface area contributed by atoms with Crippen LogP contribution in [0.3, 0.4) is 0 Å². The molecule has 5 aromatic carbocycles. The summed E-state index contributed by atoms with van der Waals surface area (Å²) in [4.78, 5) is 56.0. The Labute approximate surface area is 322 Å². The summed E-state index contributed by atoms with van der Waals surface area (Å²) in [5, 5.41) is 5.97. The number of primary amides is 1. The van der Waals surface area contributed by atoms with Crippen molar-refractivity contribution in [1.82, 2.24) is 14.8 Å². The predicted octanol–water partition coefficient (Wildman–Crippen LogP) is 7.58. The molecule has 55 heavy (non-hydrogen) atoms. The molecule has 0 fully saturated rings. The van der Waals surface area contributed by atoms with Crippen molar-refractivity contribution in [2.75, 3.05) is 6.54 Å². The van der Waals surface area contributed by atoms with E-state index in [-0.39, 0.29) is 31.8 Å². The monoisotopic (exact) mass is 736 g/mol. The Morgan fingerprint density at radius 3 is 2.18 bits per heavy atom. The first kappa shape index (κ1) is 38.5. The SMILES string of the molecule is CCCN(C(=O)[C@H](CCCC(=O)OCc1ccccc1)NC(=O)c1cn(Cc2ccccc2)c2ccccc12)[C@H](CC(N)=O)Cc1ccc2ccccc2c1. The number of hydrogen-bond acceptors (Lipinski definition) is 5. The zero-order valence-electron chi connectivity index (χ0n) is 31.2. The highest BCUT2D eigenvalue weighted by atomic mass is 16.5. The van der Waals surface area contributed by atoms with Gasteiger partial charge in [-0.3, -0.25) is 19.2 Å². The minimum Gasteiger partial charge on any atom is -0.461 e. The van der Waals surface area contributed by atoms with Crippen molar-refractivity contribution >= 4 is 45.4 Å². The molecule has 1 heterocycles. The summed E-state index contributed by atoms with van der Waals surface area (Å²) in [6.07, 6.45) is 3.36. The number of nitrogens with one attached hydrogen (secondary N) is 1. The fourth-order valence-corrected chi connectivity index (χ4v) is 7.17. The number of hydrogen-bond donors (Lipinski definition) is 2. The third-order valence-corrected chi connectivity index (χ3v) is 9.86. The lowest BCUT2D eigenvalue weighted by Crippen LogP contribution is -2.53. The fraction of sp³-hybridized carbons (Fsp3) is 0.261. The van der Waals surface area contributed by atoms with Gasteiger partial charge in [-0.1, -0.05) is 128 Å². The van der Waals surface area contributed by atoms with Crippen molar-refractivity contribution in [3.05, 3.63) is 156 Å². The van der Waals surface area contributed by atoms with Crippen LogP contribution in [0.1, 0.15) is 66.1 Å². The maximum Gasteiger partial charge on any atom is 0.306 e. The topological polar surface area (TPSA) is 124 Å². The van der Waals surface area contributed by atoms with E-state index in [4.69, 9.17) is 10.5 Å². The molecule has 0 aliphatic rings. The summed E-state index contributed by atoms with van der Waals surface area (Å²) >= 11 is 0. The van der Waals surface area contributed by atoms with Crippen LogP contribution in [0.15, 0.2) is 134 Å². The van der Waals surface area contributed by atoms with E-state index in [1.54, 1.807) is 4.90 Å². The van der Waals surface area contributed by atoms with E-state index in [9.17, 15) is 19.2 Å². The summed E-state index contributed by atoms with van der Waals surface area (Å²) in [6.45, 7) is 3.04. The van der Waals surface area contributed by atoms with Crippen LogP contribution in [0.5, 0.6) is 0 Å². The molecule has 9 nitrogen and oxygen atoms in total. The van der Waals surface area contributed by atoms with E-state index >= 15 is 0 Å². The van der Waals surface area contributed by atoms with Crippen LogP contribution in [0, 0.1) is 0 Å². The van der Waals surface area contributed by atoms with Crippen molar-refractivity contribution < 1.29 is 23.9 Å². The van der Waals surface area contributed by atoms with E-state index in [0.717, 1.165) is 38.4 Å². The molecule has 0 radical (unpaired) electrons. The number of rotatable bonds is 18. The number of carbonyl (C=O) groups excluding carboxylic acids is 4. The molecule has 0 unspecified atom stereocenters. The molecule has 0 bridgehead atoms. The Kier molecular flexibility index (Phi) is 13.1. The highest BCUT2D eigenvalue weighted by Gasteiger charge is 2.32. The van der Waals surface area contributed by atoms with Gasteiger partial charge in [0.15, 0.2) is 0 Å². The summed E-state index contributed by atoms with van der Waals surface area (Å²) in [6, 6.07) is 39.8. The molecule has 1 aromatic heterocycles. The molecule has 0 spiro atoms. The Bertz CT molecular complexity index is 2230. The maximum atomic E-state index is 14.8. The molecule has 3 amide bonds. The predicted molar refractivity (Wildman–Crippen MR) is 216 cm³/mol. The first-order valence-corrected chi connectivity index (χ1v) is 19.0. The van der Waals surface area contributed by atoms with Crippen LogP contribution < -0.4 is 11.1 Å². The molecule has 282 valence electrons. The molecule has 0 saturated carbocycles. The lowest BCUT2D eigenvalue weighted by molar-refractivity contribution is -0.145. The minimum atomic E-state index is -0.982. The van der Waals surface area contributed by atoms with Gasteiger partial charge in [0, 0.05) is 49.1 Å². The number of benzene rings is 5. The molecule has 3 N–H and O–H groups in total. The normalized spacial score (nSPS) is 12.2. The van der Waals surface area contributed by atoms with Crippen molar-refractivity contribution in [2.45, 2.75) is 70.7 Å². The van der Waals surface area contributed by atoms with Crippen molar-refractivity contribution in [1.29, 1.82) is 0 Å². The van der Waals surface area contributed by atoms with Crippen LogP contribution in [0.2, 0.25) is 0 Å². The van der Waals surface area contributed by atoms with E-state index in [0.29, 0.717) is 37.9 Å². The van der Waals surface area contributed by atoms with Gasteiger partial charge in [0.05, 0.1) is 5.56 Å². The number of carbonyl (C=O) groups is 4. The number of amides is 3. The average molecular weight is 737 g/mol. The smallest absolute Gasteiger partial charge is 0.306 e. The summed E-state index contributed by atoms with van der Waals surface area (Å²) < 4.78 is 7.55. The second-order valence-electron chi connectivity index (χ2n) is 14.0. The second kappa shape index (κ2) is 18.7. The van der Waals surface area contributed by atoms with Gasteiger partial charge in [-0.2, -0.15) is 0 Å². The number of para-hydroxylation sites is 1. The molecule has 0 aliphatic heterocycles. The highest BCUT2D eigenvalue weighted by molar-refractivity contribution is 6.08. The van der Waals surface area contributed by atoms with Gasteiger partial charge < -0.3 is 25.3 Å². The van der Waals surface area contributed by atoms with E-state index < -0.39 is 29.9 Å². The average Bonchev–Trinajstić information content (AvgIpc) is 3.57. The molecule has 0 aliphatic carbocycles. The molecular weight excluding hydrogens is 689 g/mol. The highest BCUT2D eigenvalue weighted by Crippen LogP contribution is 2.25. The van der Waals surface area contributed by atoms with Gasteiger partial charge in [0.1, 0.15) is 12.6 Å². The first-order chi connectivity index (χ1) is 26.8. The fourth-order valence-electron chi connectivity index (χ4n) is 7.17. The largest absolute Gasteiger partial charge is 0.461 e. The van der Waals surface area contributed by atoms with Gasteiger partial charge >= 0.3 is 5.97 Å². The van der Waals surface area contributed by atoms with E-state index in [2.05, 4.69) is 11.4 Å². The van der Waals surface area contributed by atoms with Gasteiger partial charge in [-0.25, -0.2) is 0 Å². The maximum absolute atomic E-state index is 14.8. The zero-order valence-corrected chi connectivity index (χ0v) is 31.2. The molecule has 2 atom stereocenters. The van der Waals surface area contributed by atoms with Gasteiger partial charge in [0.25, 0.3) is 5.91 Å². The Morgan fingerprint density at radius 2 is 1.45 bits per heavy atom. The number of esters is 1. The number of aromatic nitrogens is 1. The third kappa shape index (κ3) is 10.3. The van der Waals surface area contributed by atoms with Crippen LogP contribution in [-0.2, 0) is 38.7 Å². The van der Waals surface area contributed by atoms with Crippen molar-refractivity contribution in [3.63, 3.8) is 0 Å². The van der Waals surface area contributed by atoms with Crippen LogP contribution in [-0.4, -0.2) is 51.8 Å². The number of nitrogens with two attached hydrogens (primary N) is 1. The lowest BCUT2D eigenvalue weighted by atomic mass is 9.97. The van der Waals surface area contributed by atoms with Crippen LogP contribution in [0.4, 0.5) is 0 Å². The molecular formula is C46H48N4O5. The summed E-state index contributed by atoms with van der Waals surface area (Å²) in [7, 11) is 0. The minimum absolute atomic E-state index is 0.0436. The Balaban J connectivity index is 1.26.